The molecule has 0 unspecified atom stereocenters. The fourth-order valence-electron chi connectivity index (χ4n) is 4.69. The molecule has 1 aromatic rings. The van der Waals surface area contributed by atoms with Crippen LogP contribution in [-0.4, -0.2) is 72.7 Å². The van der Waals surface area contributed by atoms with Crippen LogP contribution in [0.2, 0.25) is 0 Å². The first-order valence-electron chi connectivity index (χ1n) is 12.6. The number of amides is 2. The fraction of sp³-hybridized carbons (Fsp3) is 0.538. The van der Waals surface area contributed by atoms with Gasteiger partial charge in [-0.25, -0.2) is 8.42 Å². The van der Waals surface area contributed by atoms with Crippen molar-refractivity contribution in [2.75, 3.05) is 31.9 Å². The molecule has 1 heterocycles. The normalized spacial score (nSPS) is 21.7. The van der Waals surface area contributed by atoms with Crippen molar-refractivity contribution in [3.05, 3.63) is 53.2 Å². The van der Waals surface area contributed by atoms with Gasteiger partial charge in [0.15, 0.2) is 0 Å². The van der Waals surface area contributed by atoms with Crippen LogP contribution in [0.15, 0.2) is 42.1 Å². The number of rotatable bonds is 8. The van der Waals surface area contributed by atoms with E-state index in [4.69, 9.17) is 0 Å². The number of carbonyl (C=O) groups is 2. The number of piperazine rings is 1. The summed E-state index contributed by atoms with van der Waals surface area (Å²) < 4.78 is 27.6. The lowest BCUT2D eigenvalue weighted by atomic mass is 9.97. The third-order valence-electron chi connectivity index (χ3n) is 7.33. The number of sulfonamides is 1. The van der Waals surface area contributed by atoms with E-state index < -0.39 is 15.6 Å². The van der Waals surface area contributed by atoms with Crippen LogP contribution in [0.1, 0.15) is 60.9 Å². The van der Waals surface area contributed by atoms with Gasteiger partial charge in [-0.1, -0.05) is 31.1 Å². The maximum Gasteiger partial charge on any atom is 0.254 e. The first kappa shape index (κ1) is 24.1. The molecule has 1 aliphatic heterocycles. The smallest absolute Gasteiger partial charge is 0.254 e. The number of hydrogen-bond donors (Lipinski definition) is 2. The predicted molar refractivity (Wildman–Crippen MR) is 133 cm³/mol. The third kappa shape index (κ3) is 5.78. The van der Waals surface area contributed by atoms with E-state index >= 15 is 0 Å². The molecule has 0 radical (unpaired) electrons. The minimum atomic E-state index is -3.32. The van der Waals surface area contributed by atoms with Crippen LogP contribution in [0.3, 0.4) is 0 Å². The molecule has 4 aliphatic rings. The summed E-state index contributed by atoms with van der Waals surface area (Å²) in [5, 5.41) is 10.0. The zero-order valence-corrected chi connectivity index (χ0v) is 20.7. The number of nitrogens with one attached hydrogen (secondary N) is 1. The Kier molecular flexibility index (Phi) is 6.48. The fourth-order valence-corrected chi connectivity index (χ4v) is 6.00. The summed E-state index contributed by atoms with van der Waals surface area (Å²) in [6.45, 7) is 1.76. The van der Waals surface area contributed by atoms with Gasteiger partial charge >= 0.3 is 0 Å². The standard InChI is InChI=1S/C26H33N3O5S/c30-24(28-13-15-29(16-14-28)25(31)26(32)11-12-26)21-8-6-20(7-9-21)22-2-1-3-23(18-22)27-35(33,34)17-10-19-4-5-19/h2,6-9,18-19,27,32H,1,3-5,10-17H2. The predicted octanol–water partition coefficient (Wildman–Crippen LogP) is 2.28. The molecule has 3 aliphatic carbocycles. The van der Waals surface area contributed by atoms with Gasteiger partial charge < -0.3 is 14.9 Å². The van der Waals surface area contributed by atoms with Gasteiger partial charge in [0.25, 0.3) is 11.8 Å². The van der Waals surface area contributed by atoms with E-state index in [9.17, 15) is 23.1 Å². The Hall–Kier alpha value is -2.65. The van der Waals surface area contributed by atoms with Crippen molar-refractivity contribution >= 4 is 27.4 Å². The summed E-state index contributed by atoms with van der Waals surface area (Å²) >= 11 is 0. The van der Waals surface area contributed by atoms with Crippen LogP contribution in [-0.2, 0) is 14.8 Å². The molecule has 9 heteroatoms. The topological polar surface area (TPSA) is 107 Å². The molecule has 0 bridgehead atoms. The van der Waals surface area contributed by atoms with Gasteiger partial charge in [0, 0.05) is 37.4 Å². The highest BCUT2D eigenvalue weighted by Gasteiger charge is 2.50. The molecule has 35 heavy (non-hydrogen) atoms. The van der Waals surface area contributed by atoms with Crippen LogP contribution in [0.25, 0.3) is 5.57 Å². The Morgan fingerprint density at radius 3 is 2.31 bits per heavy atom. The molecule has 1 saturated heterocycles. The SMILES string of the molecule is O=C(c1ccc(C2=CCCC(NS(=O)(=O)CCC3CC3)=C2)cc1)N1CCN(C(=O)C2(O)CC2)CC1. The Bertz CT molecular complexity index is 1160. The summed E-state index contributed by atoms with van der Waals surface area (Å²) in [6, 6.07) is 7.38. The van der Waals surface area contributed by atoms with Crippen molar-refractivity contribution in [3.8, 4) is 0 Å². The summed E-state index contributed by atoms with van der Waals surface area (Å²) in [4.78, 5) is 28.7. The Morgan fingerprint density at radius 1 is 1.03 bits per heavy atom. The Labute approximate surface area is 206 Å². The quantitative estimate of drug-likeness (QED) is 0.571. The Morgan fingerprint density at radius 2 is 1.69 bits per heavy atom. The summed E-state index contributed by atoms with van der Waals surface area (Å²) in [5.41, 5.74) is 2.00. The number of carbonyl (C=O) groups excluding carboxylic acids is 2. The van der Waals surface area contributed by atoms with Crippen molar-refractivity contribution < 1.29 is 23.1 Å². The zero-order valence-electron chi connectivity index (χ0n) is 19.9. The number of benzene rings is 1. The first-order chi connectivity index (χ1) is 16.7. The number of aliphatic hydroxyl groups is 1. The molecule has 188 valence electrons. The molecule has 0 spiro atoms. The minimum Gasteiger partial charge on any atom is -0.380 e. The molecule has 2 N–H and O–H groups in total. The molecular formula is C26H33N3O5S. The molecular weight excluding hydrogens is 466 g/mol. The molecule has 0 atom stereocenters. The average molecular weight is 500 g/mol. The molecule has 5 rings (SSSR count). The number of nitrogens with zero attached hydrogens (tertiary/aromatic N) is 2. The second kappa shape index (κ2) is 9.43. The summed E-state index contributed by atoms with van der Waals surface area (Å²) in [6.07, 6.45) is 9.46. The minimum absolute atomic E-state index is 0.0777. The lowest BCUT2D eigenvalue weighted by Crippen LogP contribution is -2.53. The van der Waals surface area contributed by atoms with E-state index in [1.165, 1.54) is 0 Å². The van der Waals surface area contributed by atoms with Gasteiger partial charge in [0.05, 0.1) is 5.75 Å². The van der Waals surface area contributed by atoms with E-state index in [0.717, 1.165) is 36.8 Å². The molecule has 2 amide bonds. The highest BCUT2D eigenvalue weighted by atomic mass is 32.2. The molecule has 2 saturated carbocycles. The van der Waals surface area contributed by atoms with E-state index in [1.54, 1.807) is 21.9 Å². The maximum atomic E-state index is 13.0. The van der Waals surface area contributed by atoms with Gasteiger partial charge in [-0.15, -0.1) is 0 Å². The van der Waals surface area contributed by atoms with E-state index in [-0.39, 0.29) is 17.6 Å². The van der Waals surface area contributed by atoms with E-state index in [1.807, 2.05) is 18.2 Å². The summed E-state index contributed by atoms with van der Waals surface area (Å²) in [5.74, 6) is 0.456. The van der Waals surface area contributed by atoms with Crippen LogP contribution >= 0.6 is 0 Å². The lowest BCUT2D eigenvalue weighted by Gasteiger charge is -2.35. The van der Waals surface area contributed by atoms with Crippen LogP contribution in [0.5, 0.6) is 0 Å². The largest absolute Gasteiger partial charge is 0.380 e. The van der Waals surface area contributed by atoms with Crippen molar-refractivity contribution in [1.82, 2.24) is 14.5 Å². The lowest BCUT2D eigenvalue weighted by molar-refractivity contribution is -0.143. The van der Waals surface area contributed by atoms with E-state index in [2.05, 4.69) is 10.8 Å². The van der Waals surface area contributed by atoms with Crippen molar-refractivity contribution in [2.45, 2.75) is 50.5 Å². The van der Waals surface area contributed by atoms with Crippen molar-refractivity contribution in [1.29, 1.82) is 0 Å². The molecule has 3 fully saturated rings. The van der Waals surface area contributed by atoms with Gasteiger partial charge in [-0.2, -0.15) is 0 Å². The van der Waals surface area contributed by atoms with Gasteiger partial charge in [-0.3, -0.25) is 14.3 Å². The third-order valence-corrected chi connectivity index (χ3v) is 8.67. The van der Waals surface area contributed by atoms with Gasteiger partial charge in [0.2, 0.25) is 10.0 Å². The Balaban J connectivity index is 1.17. The monoisotopic (exact) mass is 499 g/mol. The number of hydrogen-bond acceptors (Lipinski definition) is 5. The highest BCUT2D eigenvalue weighted by molar-refractivity contribution is 7.89. The van der Waals surface area contributed by atoms with Crippen molar-refractivity contribution in [2.24, 2.45) is 5.92 Å². The van der Waals surface area contributed by atoms with Gasteiger partial charge in [0.1, 0.15) is 5.60 Å². The van der Waals surface area contributed by atoms with Crippen LogP contribution < -0.4 is 4.72 Å². The zero-order chi connectivity index (χ0) is 24.6. The maximum absolute atomic E-state index is 13.0. The number of allylic oxidation sites excluding steroid dienone is 4. The highest BCUT2D eigenvalue weighted by Crippen LogP contribution is 2.37. The first-order valence-corrected chi connectivity index (χ1v) is 14.2. The molecule has 1 aromatic carbocycles. The van der Waals surface area contributed by atoms with Crippen LogP contribution in [0, 0.1) is 5.92 Å². The van der Waals surface area contributed by atoms with Crippen molar-refractivity contribution in [3.63, 3.8) is 0 Å². The summed E-state index contributed by atoms with van der Waals surface area (Å²) in [7, 11) is -3.32. The average Bonchev–Trinajstić information content (AvgIpc) is 3.80. The molecule has 8 nitrogen and oxygen atoms in total. The van der Waals surface area contributed by atoms with Gasteiger partial charge in [-0.05, 0) is 67.4 Å². The van der Waals surface area contributed by atoms with E-state index in [0.29, 0.717) is 62.6 Å². The molecule has 0 aromatic heterocycles. The second-order valence-corrected chi connectivity index (χ2v) is 12.1. The second-order valence-electron chi connectivity index (χ2n) is 10.2. The van der Waals surface area contributed by atoms with Crippen LogP contribution in [0.4, 0.5) is 0 Å².